The molecule has 15 heavy (non-hydrogen) atoms. The topological polar surface area (TPSA) is 37.0 Å². The summed E-state index contributed by atoms with van der Waals surface area (Å²) in [6, 6.07) is 0. The van der Waals surface area contributed by atoms with Gasteiger partial charge in [0.1, 0.15) is 0 Å². The van der Waals surface area contributed by atoms with Crippen molar-refractivity contribution in [3.8, 4) is 0 Å². The van der Waals surface area contributed by atoms with Crippen LogP contribution >= 0.6 is 23.6 Å². The zero-order valence-electron chi connectivity index (χ0n) is 8.80. The first-order valence-corrected chi connectivity index (χ1v) is 6.55. The minimum atomic E-state index is 0.670. The summed E-state index contributed by atoms with van der Waals surface area (Å²) in [5.74, 6) is 0. The third kappa shape index (κ3) is 2.66. The van der Waals surface area contributed by atoms with Gasteiger partial charge in [-0.1, -0.05) is 0 Å². The molecule has 1 aromatic heterocycles. The summed E-state index contributed by atoms with van der Waals surface area (Å²) in [5, 5.41) is 7.80. The maximum absolute atomic E-state index is 5.12. The molecule has 0 spiro atoms. The fraction of sp³-hybridized carbons (Fsp3) is 0.600. The number of rotatable bonds is 2. The fourth-order valence-corrected chi connectivity index (χ4v) is 3.07. The Kier molecular flexibility index (Phi) is 3.53. The Morgan fingerprint density at radius 1 is 1.47 bits per heavy atom. The van der Waals surface area contributed by atoms with Gasteiger partial charge >= 0.3 is 0 Å². The van der Waals surface area contributed by atoms with E-state index in [-0.39, 0.29) is 0 Å². The smallest absolute Gasteiger partial charge is 0.189 e. The SMILES string of the molecule is CCNC(=S)Nc1nc2c(s1)CCCC2. The van der Waals surface area contributed by atoms with Crippen LogP contribution in [-0.4, -0.2) is 16.6 Å². The average molecular weight is 241 g/mol. The van der Waals surface area contributed by atoms with Gasteiger partial charge in [0.05, 0.1) is 5.69 Å². The van der Waals surface area contributed by atoms with Crippen LogP contribution in [0, 0.1) is 0 Å². The van der Waals surface area contributed by atoms with E-state index in [0.717, 1.165) is 18.1 Å². The van der Waals surface area contributed by atoms with Gasteiger partial charge in [-0.3, -0.25) is 0 Å². The van der Waals surface area contributed by atoms with E-state index >= 15 is 0 Å². The summed E-state index contributed by atoms with van der Waals surface area (Å²) in [7, 11) is 0. The van der Waals surface area contributed by atoms with Gasteiger partial charge in [-0.15, -0.1) is 11.3 Å². The summed E-state index contributed by atoms with van der Waals surface area (Å²) >= 11 is 6.86. The van der Waals surface area contributed by atoms with E-state index in [2.05, 4.69) is 15.6 Å². The highest BCUT2D eigenvalue weighted by atomic mass is 32.1. The third-order valence-corrected chi connectivity index (χ3v) is 3.72. The highest BCUT2D eigenvalue weighted by molar-refractivity contribution is 7.80. The van der Waals surface area contributed by atoms with Crippen LogP contribution < -0.4 is 10.6 Å². The quantitative estimate of drug-likeness (QED) is 0.779. The van der Waals surface area contributed by atoms with Crippen LogP contribution in [0.5, 0.6) is 0 Å². The molecule has 0 saturated carbocycles. The number of hydrogen-bond acceptors (Lipinski definition) is 3. The first-order chi connectivity index (χ1) is 7.29. The Balaban J connectivity index is 2.03. The summed E-state index contributed by atoms with van der Waals surface area (Å²) < 4.78 is 0. The van der Waals surface area contributed by atoms with Crippen LogP contribution in [-0.2, 0) is 12.8 Å². The van der Waals surface area contributed by atoms with E-state index in [1.807, 2.05) is 6.92 Å². The number of nitrogens with one attached hydrogen (secondary N) is 2. The lowest BCUT2D eigenvalue weighted by Crippen LogP contribution is -2.27. The minimum absolute atomic E-state index is 0.670. The Morgan fingerprint density at radius 2 is 2.27 bits per heavy atom. The van der Waals surface area contributed by atoms with E-state index in [0.29, 0.717) is 5.11 Å². The van der Waals surface area contributed by atoms with Gasteiger partial charge in [0.15, 0.2) is 10.2 Å². The van der Waals surface area contributed by atoms with Crippen LogP contribution in [0.2, 0.25) is 0 Å². The molecule has 2 N–H and O–H groups in total. The molecule has 1 aromatic rings. The van der Waals surface area contributed by atoms with Crippen LogP contribution in [0.25, 0.3) is 0 Å². The zero-order chi connectivity index (χ0) is 10.7. The van der Waals surface area contributed by atoms with Gasteiger partial charge in [0.25, 0.3) is 0 Å². The van der Waals surface area contributed by atoms with Crippen molar-refractivity contribution in [1.82, 2.24) is 10.3 Å². The largest absolute Gasteiger partial charge is 0.363 e. The molecule has 0 aromatic carbocycles. The van der Waals surface area contributed by atoms with Gasteiger partial charge in [-0.05, 0) is 44.8 Å². The number of hydrogen-bond donors (Lipinski definition) is 2. The predicted molar refractivity (Wildman–Crippen MR) is 68.7 cm³/mol. The lowest BCUT2D eigenvalue weighted by molar-refractivity contribution is 0.683. The third-order valence-electron chi connectivity index (χ3n) is 2.40. The molecule has 2 rings (SSSR count). The highest BCUT2D eigenvalue weighted by Gasteiger charge is 2.15. The van der Waals surface area contributed by atoms with E-state index in [4.69, 9.17) is 12.2 Å². The lowest BCUT2D eigenvalue weighted by atomic mass is 10.0. The summed E-state index contributed by atoms with van der Waals surface area (Å²) in [6.45, 7) is 2.87. The predicted octanol–water partition coefficient (Wildman–Crippen LogP) is 2.33. The number of fused-ring (bicyclic) bond motifs is 1. The molecule has 0 bridgehead atoms. The first-order valence-electron chi connectivity index (χ1n) is 5.33. The second-order valence-corrected chi connectivity index (χ2v) is 5.07. The Hall–Kier alpha value is -0.680. The average Bonchev–Trinajstić information content (AvgIpc) is 2.59. The minimum Gasteiger partial charge on any atom is -0.363 e. The molecule has 0 aliphatic heterocycles. The van der Waals surface area contributed by atoms with Crippen LogP contribution in [0.3, 0.4) is 0 Å². The fourth-order valence-electron chi connectivity index (χ4n) is 1.71. The molecule has 82 valence electrons. The van der Waals surface area contributed by atoms with E-state index < -0.39 is 0 Å². The van der Waals surface area contributed by atoms with Gasteiger partial charge in [0, 0.05) is 11.4 Å². The monoisotopic (exact) mass is 241 g/mol. The van der Waals surface area contributed by atoms with Crippen molar-refractivity contribution < 1.29 is 0 Å². The zero-order valence-corrected chi connectivity index (χ0v) is 10.4. The number of thiazole rings is 1. The van der Waals surface area contributed by atoms with Crippen LogP contribution in [0.15, 0.2) is 0 Å². The van der Waals surface area contributed by atoms with Crippen molar-refractivity contribution in [1.29, 1.82) is 0 Å². The normalized spacial score (nSPS) is 14.5. The molecule has 0 unspecified atom stereocenters. The first kappa shape index (κ1) is 10.8. The number of thiocarbonyl (C=S) groups is 1. The van der Waals surface area contributed by atoms with E-state index in [1.165, 1.54) is 29.8 Å². The molecule has 0 fully saturated rings. The Labute approximate surface area is 99.3 Å². The summed E-state index contributed by atoms with van der Waals surface area (Å²) in [4.78, 5) is 5.99. The number of nitrogens with zero attached hydrogens (tertiary/aromatic N) is 1. The van der Waals surface area contributed by atoms with Gasteiger partial charge in [-0.2, -0.15) is 0 Å². The summed E-state index contributed by atoms with van der Waals surface area (Å²) in [5.41, 5.74) is 1.27. The van der Waals surface area contributed by atoms with Crippen molar-refractivity contribution in [2.45, 2.75) is 32.6 Å². The van der Waals surface area contributed by atoms with Crippen molar-refractivity contribution in [3.05, 3.63) is 10.6 Å². The van der Waals surface area contributed by atoms with Gasteiger partial charge in [-0.25, -0.2) is 4.98 Å². The molecule has 0 atom stereocenters. The second kappa shape index (κ2) is 4.90. The van der Waals surface area contributed by atoms with Crippen molar-refractivity contribution in [3.63, 3.8) is 0 Å². The molecule has 1 heterocycles. The van der Waals surface area contributed by atoms with Crippen molar-refractivity contribution >= 4 is 33.8 Å². The lowest BCUT2D eigenvalue weighted by Gasteiger charge is -2.06. The van der Waals surface area contributed by atoms with Gasteiger partial charge < -0.3 is 10.6 Å². The molecule has 3 nitrogen and oxygen atoms in total. The number of anilines is 1. The highest BCUT2D eigenvalue weighted by Crippen LogP contribution is 2.29. The van der Waals surface area contributed by atoms with Crippen molar-refractivity contribution in [2.24, 2.45) is 0 Å². The molecule has 0 saturated heterocycles. The molecular weight excluding hydrogens is 226 g/mol. The summed E-state index contributed by atoms with van der Waals surface area (Å²) in [6.07, 6.45) is 4.88. The molecule has 5 heteroatoms. The number of aryl methyl sites for hydroxylation is 2. The standard InChI is InChI=1S/C10H15N3S2/c1-2-11-9(14)13-10-12-7-5-3-4-6-8(7)15-10/h2-6H2,1H3,(H2,11,12,13,14). The maximum atomic E-state index is 5.12. The van der Waals surface area contributed by atoms with E-state index in [1.54, 1.807) is 11.3 Å². The van der Waals surface area contributed by atoms with Crippen LogP contribution in [0.4, 0.5) is 5.13 Å². The van der Waals surface area contributed by atoms with Crippen LogP contribution in [0.1, 0.15) is 30.3 Å². The van der Waals surface area contributed by atoms with Crippen molar-refractivity contribution in [2.75, 3.05) is 11.9 Å². The number of aromatic nitrogens is 1. The Morgan fingerprint density at radius 3 is 3.00 bits per heavy atom. The van der Waals surface area contributed by atoms with E-state index in [9.17, 15) is 0 Å². The second-order valence-electron chi connectivity index (χ2n) is 3.58. The molecule has 1 aliphatic rings. The van der Waals surface area contributed by atoms with Gasteiger partial charge in [0.2, 0.25) is 0 Å². The maximum Gasteiger partial charge on any atom is 0.189 e. The Bertz CT molecular complexity index is 336. The molecule has 0 radical (unpaired) electrons. The molecular formula is C10H15N3S2. The molecule has 0 amide bonds. The molecule has 1 aliphatic carbocycles.